The van der Waals surface area contributed by atoms with Crippen LogP contribution in [0.1, 0.15) is 31.2 Å². The van der Waals surface area contributed by atoms with E-state index >= 15 is 0 Å². The molecule has 150 valence electrons. The standard InChI is InChI=1S/C23H29N2O2.BrH/c1-25(2)20-13-14-21(25)16-22(15-20)27-23(26)24(19-11-7-4-8-12-19)17-18-9-5-3-6-10-18;/h3-12,20-22H,13-17H2,1-2H3;1H/q+1;/p-1/t20-,21+,22?;. The zero-order valence-corrected chi connectivity index (χ0v) is 18.2. The van der Waals surface area contributed by atoms with Gasteiger partial charge in [0.15, 0.2) is 0 Å². The number of carbonyl (C=O) groups is 1. The molecule has 0 spiro atoms. The Bertz CT molecular complexity index is 766. The van der Waals surface area contributed by atoms with Gasteiger partial charge in [-0.2, -0.15) is 0 Å². The topological polar surface area (TPSA) is 29.5 Å². The number of rotatable bonds is 4. The van der Waals surface area contributed by atoms with Gasteiger partial charge in [-0.1, -0.05) is 48.5 Å². The van der Waals surface area contributed by atoms with E-state index in [2.05, 4.69) is 14.1 Å². The van der Waals surface area contributed by atoms with E-state index in [0.717, 1.165) is 28.6 Å². The van der Waals surface area contributed by atoms with E-state index in [1.54, 1.807) is 4.90 Å². The Morgan fingerprint density at radius 2 is 1.50 bits per heavy atom. The summed E-state index contributed by atoms with van der Waals surface area (Å²) in [5.41, 5.74) is 1.97. The number of halogens is 1. The van der Waals surface area contributed by atoms with Gasteiger partial charge in [0, 0.05) is 31.4 Å². The van der Waals surface area contributed by atoms with Crippen molar-refractivity contribution in [1.82, 2.24) is 0 Å². The molecule has 4 nitrogen and oxygen atoms in total. The number of benzene rings is 2. The Balaban J connectivity index is 0.00000225. The van der Waals surface area contributed by atoms with Crippen molar-refractivity contribution < 1.29 is 31.0 Å². The van der Waals surface area contributed by atoms with Crippen molar-refractivity contribution in [2.24, 2.45) is 0 Å². The quantitative estimate of drug-likeness (QED) is 0.670. The molecule has 2 fully saturated rings. The summed E-state index contributed by atoms with van der Waals surface area (Å²) in [6.45, 7) is 0.519. The molecule has 0 aromatic heterocycles. The van der Waals surface area contributed by atoms with Gasteiger partial charge in [0.1, 0.15) is 6.10 Å². The van der Waals surface area contributed by atoms with E-state index in [0.29, 0.717) is 18.6 Å². The zero-order valence-electron chi connectivity index (χ0n) is 16.6. The predicted octanol–water partition coefficient (Wildman–Crippen LogP) is 1.60. The molecule has 2 aliphatic rings. The molecule has 1 amide bonds. The van der Waals surface area contributed by atoms with E-state index in [-0.39, 0.29) is 29.2 Å². The van der Waals surface area contributed by atoms with Crippen LogP contribution >= 0.6 is 0 Å². The maximum atomic E-state index is 13.1. The average molecular weight is 445 g/mol. The molecule has 0 N–H and O–H groups in total. The van der Waals surface area contributed by atoms with Crippen molar-refractivity contribution in [3.8, 4) is 0 Å². The van der Waals surface area contributed by atoms with E-state index in [4.69, 9.17) is 4.74 Å². The van der Waals surface area contributed by atoms with Crippen LogP contribution in [0.5, 0.6) is 0 Å². The maximum absolute atomic E-state index is 13.1. The summed E-state index contributed by atoms with van der Waals surface area (Å²) in [4.78, 5) is 14.9. The lowest BCUT2D eigenvalue weighted by Crippen LogP contribution is -3.00. The highest BCUT2D eigenvalue weighted by Gasteiger charge is 2.50. The first-order valence-electron chi connectivity index (χ1n) is 9.94. The van der Waals surface area contributed by atoms with Crippen molar-refractivity contribution in [3.05, 3.63) is 66.2 Å². The largest absolute Gasteiger partial charge is 1.00 e. The second kappa shape index (κ2) is 8.66. The third-order valence-corrected chi connectivity index (χ3v) is 6.52. The second-order valence-corrected chi connectivity index (χ2v) is 8.40. The first-order chi connectivity index (χ1) is 13.0. The number of amides is 1. The van der Waals surface area contributed by atoms with Crippen molar-refractivity contribution in [3.63, 3.8) is 0 Å². The Hall–Kier alpha value is -1.85. The molecule has 28 heavy (non-hydrogen) atoms. The van der Waals surface area contributed by atoms with Gasteiger partial charge < -0.3 is 26.2 Å². The molecule has 0 saturated carbocycles. The minimum absolute atomic E-state index is 0. The number of piperidine rings is 1. The molecular formula is C23H29BrN2O2. The smallest absolute Gasteiger partial charge is 0.414 e. The molecule has 4 rings (SSSR count). The van der Waals surface area contributed by atoms with Crippen LogP contribution in [-0.4, -0.2) is 42.9 Å². The number of fused-ring (bicyclic) bond motifs is 2. The first kappa shape index (κ1) is 20.9. The molecule has 3 atom stereocenters. The molecule has 2 aliphatic heterocycles. The van der Waals surface area contributed by atoms with E-state index in [1.807, 2.05) is 60.7 Å². The highest BCUT2D eigenvalue weighted by atomic mass is 79.9. The van der Waals surface area contributed by atoms with E-state index in [1.165, 1.54) is 12.8 Å². The number of carbonyl (C=O) groups excluding carboxylic acids is 1. The van der Waals surface area contributed by atoms with Gasteiger partial charge in [0.05, 0.1) is 32.7 Å². The number of anilines is 1. The normalized spacial score (nSPS) is 24.9. The van der Waals surface area contributed by atoms with Crippen LogP contribution in [0.4, 0.5) is 10.5 Å². The van der Waals surface area contributed by atoms with Crippen molar-refractivity contribution in [2.75, 3.05) is 19.0 Å². The van der Waals surface area contributed by atoms with Crippen LogP contribution in [0.3, 0.4) is 0 Å². The summed E-state index contributed by atoms with van der Waals surface area (Å²) in [7, 11) is 4.65. The molecule has 0 aliphatic carbocycles. The van der Waals surface area contributed by atoms with Gasteiger partial charge in [-0.15, -0.1) is 0 Å². The predicted molar refractivity (Wildman–Crippen MR) is 107 cm³/mol. The summed E-state index contributed by atoms with van der Waals surface area (Å²) in [5, 5.41) is 0. The fourth-order valence-electron chi connectivity index (χ4n) is 4.77. The first-order valence-corrected chi connectivity index (χ1v) is 9.94. The van der Waals surface area contributed by atoms with Gasteiger partial charge in [-0.05, 0) is 17.7 Å². The van der Waals surface area contributed by atoms with Crippen molar-refractivity contribution in [2.45, 2.75) is 50.4 Å². The van der Waals surface area contributed by atoms with Gasteiger partial charge in [-0.3, -0.25) is 4.90 Å². The van der Waals surface area contributed by atoms with Gasteiger partial charge in [0.2, 0.25) is 0 Å². The zero-order chi connectivity index (χ0) is 18.9. The SMILES string of the molecule is C[N+]1(C)[C@@H]2CC[C@H]1CC(OC(=O)N(Cc1ccccc1)c1ccccc1)C2.[Br-]. The Morgan fingerprint density at radius 3 is 2.07 bits per heavy atom. The van der Waals surface area contributed by atoms with Crippen LogP contribution < -0.4 is 21.9 Å². The highest BCUT2D eigenvalue weighted by Crippen LogP contribution is 2.40. The van der Waals surface area contributed by atoms with Crippen LogP contribution in [0, 0.1) is 0 Å². The van der Waals surface area contributed by atoms with E-state index < -0.39 is 0 Å². The Labute approximate surface area is 178 Å². The molecule has 2 heterocycles. The van der Waals surface area contributed by atoms with Gasteiger partial charge in [0.25, 0.3) is 0 Å². The lowest BCUT2D eigenvalue weighted by Gasteiger charge is -2.44. The van der Waals surface area contributed by atoms with Crippen LogP contribution in [0.15, 0.2) is 60.7 Å². The summed E-state index contributed by atoms with van der Waals surface area (Å²) in [6.07, 6.45) is 4.24. The third kappa shape index (κ3) is 4.26. The molecule has 2 saturated heterocycles. The fraction of sp³-hybridized carbons (Fsp3) is 0.435. The monoisotopic (exact) mass is 444 g/mol. The van der Waals surface area contributed by atoms with Crippen molar-refractivity contribution in [1.29, 1.82) is 0 Å². The highest BCUT2D eigenvalue weighted by molar-refractivity contribution is 5.87. The summed E-state index contributed by atoms with van der Waals surface area (Å²) in [6, 6.07) is 21.1. The molecule has 2 aromatic carbocycles. The van der Waals surface area contributed by atoms with E-state index in [9.17, 15) is 4.79 Å². The van der Waals surface area contributed by atoms with Gasteiger partial charge in [-0.25, -0.2) is 4.79 Å². The fourth-order valence-corrected chi connectivity index (χ4v) is 4.77. The van der Waals surface area contributed by atoms with Crippen molar-refractivity contribution >= 4 is 11.8 Å². The molecule has 0 radical (unpaired) electrons. The number of hydrogen-bond donors (Lipinski definition) is 0. The Kier molecular flexibility index (Phi) is 6.46. The minimum atomic E-state index is -0.235. The summed E-state index contributed by atoms with van der Waals surface area (Å²) < 4.78 is 7.12. The number of quaternary nitrogens is 1. The Morgan fingerprint density at radius 1 is 0.964 bits per heavy atom. The maximum Gasteiger partial charge on any atom is 0.414 e. The minimum Gasteiger partial charge on any atom is -1.00 e. The lowest BCUT2D eigenvalue weighted by molar-refractivity contribution is -0.931. The molecule has 5 heteroatoms. The molecule has 1 unspecified atom stereocenters. The van der Waals surface area contributed by atoms with Crippen LogP contribution in [-0.2, 0) is 11.3 Å². The molecular weight excluding hydrogens is 416 g/mol. The second-order valence-electron chi connectivity index (χ2n) is 8.40. The number of nitrogens with zero attached hydrogens (tertiary/aromatic N) is 2. The number of ether oxygens (including phenoxy) is 1. The van der Waals surface area contributed by atoms with Gasteiger partial charge >= 0.3 is 6.09 Å². The third-order valence-electron chi connectivity index (χ3n) is 6.52. The van der Waals surface area contributed by atoms with Crippen LogP contribution in [0.25, 0.3) is 0 Å². The van der Waals surface area contributed by atoms with Crippen LogP contribution in [0.2, 0.25) is 0 Å². The summed E-state index contributed by atoms with van der Waals surface area (Å²) >= 11 is 0. The molecule has 2 bridgehead atoms. The number of para-hydroxylation sites is 1. The summed E-state index contributed by atoms with van der Waals surface area (Å²) in [5.74, 6) is 0. The average Bonchev–Trinajstić information content (AvgIpc) is 2.85. The number of hydrogen-bond acceptors (Lipinski definition) is 2. The molecule has 2 aromatic rings. The lowest BCUT2D eigenvalue weighted by atomic mass is 9.98.